The summed E-state index contributed by atoms with van der Waals surface area (Å²) in [7, 11) is -1.49. The third-order valence-electron chi connectivity index (χ3n) is 2.51. The molecule has 0 saturated carbocycles. The average molecular weight is 297 g/mol. The minimum atomic E-state index is -1.49. The van der Waals surface area contributed by atoms with Gasteiger partial charge in [-0.15, -0.1) is 0 Å². The van der Waals surface area contributed by atoms with Crippen LogP contribution in [0.25, 0.3) is 0 Å². The van der Waals surface area contributed by atoms with Crippen molar-refractivity contribution in [3.8, 4) is 0 Å². The quantitative estimate of drug-likeness (QED) is 0.868. The molecule has 0 aliphatic carbocycles. The maximum absolute atomic E-state index is 12.1. The molecule has 0 aliphatic heterocycles. The molecule has 1 unspecified atom stereocenters. The normalized spacial score (nSPS) is 12.8. The fraction of sp³-hybridized carbons (Fsp3) is 0.417. The molecule has 1 N–H and O–H groups in total. The molecular formula is C12H15N3O4S. The number of rotatable bonds is 6. The molecule has 0 fully saturated rings. The Balaban J connectivity index is 2.11. The zero-order chi connectivity index (χ0) is 14.7. The molecule has 2 heterocycles. The average Bonchev–Trinajstić information content (AvgIpc) is 2.98. The molecule has 2 aromatic rings. The Hall–Kier alpha value is -1.96. The number of aromatic nitrogens is 3. The van der Waals surface area contributed by atoms with Gasteiger partial charge in [0, 0.05) is 6.54 Å². The van der Waals surface area contributed by atoms with Crippen LogP contribution in [0.4, 0.5) is 0 Å². The molecule has 7 nitrogen and oxygen atoms in total. The molecular weight excluding hydrogens is 282 g/mol. The van der Waals surface area contributed by atoms with Crippen molar-refractivity contribution in [3.05, 3.63) is 30.0 Å². The molecule has 0 saturated heterocycles. The second-order valence-electron chi connectivity index (χ2n) is 4.67. The first-order chi connectivity index (χ1) is 9.47. The van der Waals surface area contributed by atoms with E-state index in [2.05, 4.69) is 10.1 Å². The smallest absolute Gasteiger partial charge is 0.371 e. The summed E-state index contributed by atoms with van der Waals surface area (Å²) < 4.78 is 18.8. The van der Waals surface area contributed by atoms with Gasteiger partial charge < -0.3 is 9.52 Å². The first-order valence-corrected chi connectivity index (χ1v) is 7.37. The number of carbonyl (C=O) groups is 1. The Morgan fingerprint density at radius 3 is 2.85 bits per heavy atom. The van der Waals surface area contributed by atoms with Gasteiger partial charge in [0.25, 0.3) is 0 Å². The first kappa shape index (κ1) is 14.4. The lowest BCUT2D eigenvalue weighted by atomic mass is 10.2. The molecule has 0 radical (unpaired) electrons. The van der Waals surface area contributed by atoms with Gasteiger partial charge in [-0.3, -0.25) is 4.21 Å². The second-order valence-corrected chi connectivity index (χ2v) is 6.05. The number of carboxylic acid groups (broad SMARTS) is 1. The van der Waals surface area contributed by atoms with E-state index in [1.54, 1.807) is 4.68 Å². The highest BCUT2D eigenvalue weighted by Gasteiger charge is 2.17. The van der Waals surface area contributed by atoms with Gasteiger partial charge in [0.15, 0.2) is 5.09 Å². The van der Waals surface area contributed by atoms with Gasteiger partial charge in [0.1, 0.15) is 12.2 Å². The van der Waals surface area contributed by atoms with Crippen molar-refractivity contribution in [3.63, 3.8) is 0 Å². The van der Waals surface area contributed by atoms with E-state index in [1.165, 1.54) is 18.5 Å². The van der Waals surface area contributed by atoms with Crippen LogP contribution in [-0.4, -0.2) is 30.0 Å². The summed E-state index contributed by atoms with van der Waals surface area (Å²) in [5.41, 5.74) is 0. The topological polar surface area (TPSA) is 98.2 Å². The third kappa shape index (κ3) is 3.32. The highest BCUT2D eigenvalue weighted by atomic mass is 32.2. The molecule has 108 valence electrons. The van der Waals surface area contributed by atoms with Crippen LogP contribution in [0.5, 0.6) is 0 Å². The van der Waals surface area contributed by atoms with E-state index in [9.17, 15) is 9.00 Å². The van der Waals surface area contributed by atoms with Crippen LogP contribution in [0, 0.1) is 5.92 Å². The Labute approximate surface area is 118 Å². The fourth-order valence-corrected chi connectivity index (χ4v) is 2.65. The minimum absolute atomic E-state index is 0.126. The van der Waals surface area contributed by atoms with Gasteiger partial charge in [0.05, 0.1) is 16.6 Å². The van der Waals surface area contributed by atoms with Crippen LogP contribution >= 0.6 is 0 Å². The Kier molecular flexibility index (Phi) is 4.33. The fourth-order valence-electron chi connectivity index (χ4n) is 1.64. The number of nitrogens with zero attached hydrogens (tertiary/aromatic N) is 3. The van der Waals surface area contributed by atoms with Crippen molar-refractivity contribution in [1.82, 2.24) is 14.8 Å². The van der Waals surface area contributed by atoms with E-state index in [0.717, 1.165) is 0 Å². The number of furan rings is 1. The minimum Gasteiger partial charge on any atom is -0.475 e. The van der Waals surface area contributed by atoms with Crippen molar-refractivity contribution >= 4 is 16.8 Å². The monoisotopic (exact) mass is 297 g/mol. The lowest BCUT2D eigenvalue weighted by Gasteiger charge is -2.07. The van der Waals surface area contributed by atoms with Crippen molar-refractivity contribution < 1.29 is 18.5 Å². The number of carboxylic acids is 1. The Bertz CT molecular complexity index is 632. The maximum Gasteiger partial charge on any atom is 0.371 e. The summed E-state index contributed by atoms with van der Waals surface area (Å²) >= 11 is 0. The molecule has 0 aromatic carbocycles. The van der Waals surface area contributed by atoms with E-state index in [1.807, 2.05) is 13.8 Å². The number of hydrogen-bond donors (Lipinski definition) is 1. The molecule has 0 spiro atoms. The highest BCUT2D eigenvalue weighted by Crippen LogP contribution is 2.15. The van der Waals surface area contributed by atoms with Gasteiger partial charge in [0.2, 0.25) is 5.76 Å². The van der Waals surface area contributed by atoms with E-state index in [4.69, 9.17) is 9.52 Å². The van der Waals surface area contributed by atoms with Crippen LogP contribution in [0.15, 0.2) is 28.0 Å². The van der Waals surface area contributed by atoms with E-state index in [-0.39, 0.29) is 16.6 Å². The van der Waals surface area contributed by atoms with Crippen molar-refractivity contribution in [2.75, 3.05) is 0 Å². The standard InChI is InChI=1S/C12H15N3O4S/c1-8(2)5-15-10(13-7-14-15)6-20(18)11-4-3-9(19-11)12(16)17/h3-4,7-8H,5-6H2,1-2H3,(H,16,17). The number of hydrogen-bond acceptors (Lipinski definition) is 5. The SMILES string of the molecule is CC(C)Cn1ncnc1CS(=O)c1ccc(C(=O)O)o1. The number of aromatic carboxylic acids is 1. The van der Waals surface area contributed by atoms with Gasteiger partial charge in [-0.2, -0.15) is 5.10 Å². The zero-order valence-electron chi connectivity index (χ0n) is 11.1. The van der Waals surface area contributed by atoms with Crippen molar-refractivity contribution in [2.24, 2.45) is 5.92 Å². The van der Waals surface area contributed by atoms with E-state index < -0.39 is 16.8 Å². The lowest BCUT2D eigenvalue weighted by Crippen LogP contribution is -2.12. The molecule has 8 heteroatoms. The molecule has 0 aliphatic rings. The first-order valence-electron chi connectivity index (χ1n) is 6.05. The summed E-state index contributed by atoms with van der Waals surface area (Å²) in [6.07, 6.45) is 1.42. The summed E-state index contributed by atoms with van der Waals surface area (Å²) in [4.78, 5) is 14.8. The summed E-state index contributed by atoms with van der Waals surface area (Å²) in [5, 5.41) is 13.0. The van der Waals surface area contributed by atoms with Crippen LogP contribution in [0.1, 0.15) is 30.2 Å². The molecule has 0 amide bonds. The Morgan fingerprint density at radius 1 is 1.50 bits per heavy atom. The van der Waals surface area contributed by atoms with Crippen molar-refractivity contribution in [1.29, 1.82) is 0 Å². The zero-order valence-corrected chi connectivity index (χ0v) is 12.0. The Morgan fingerprint density at radius 2 is 2.25 bits per heavy atom. The highest BCUT2D eigenvalue weighted by molar-refractivity contribution is 7.84. The molecule has 0 bridgehead atoms. The summed E-state index contributed by atoms with van der Waals surface area (Å²) in [5.74, 6) is -0.288. The van der Waals surface area contributed by atoms with E-state index >= 15 is 0 Å². The van der Waals surface area contributed by atoms with Gasteiger partial charge >= 0.3 is 5.97 Å². The van der Waals surface area contributed by atoms with Crippen molar-refractivity contribution in [2.45, 2.75) is 31.2 Å². The molecule has 1 atom stereocenters. The van der Waals surface area contributed by atoms with Crippen LogP contribution in [0.3, 0.4) is 0 Å². The molecule has 20 heavy (non-hydrogen) atoms. The predicted molar refractivity (Wildman–Crippen MR) is 70.6 cm³/mol. The van der Waals surface area contributed by atoms with Gasteiger partial charge in [-0.25, -0.2) is 14.5 Å². The van der Waals surface area contributed by atoms with E-state index in [0.29, 0.717) is 18.3 Å². The van der Waals surface area contributed by atoms with Gasteiger partial charge in [-0.05, 0) is 18.1 Å². The summed E-state index contributed by atoms with van der Waals surface area (Å²) in [6, 6.07) is 2.69. The molecule has 2 rings (SSSR count). The van der Waals surface area contributed by atoms with Crippen LogP contribution < -0.4 is 0 Å². The largest absolute Gasteiger partial charge is 0.475 e. The second kappa shape index (κ2) is 6.00. The maximum atomic E-state index is 12.1. The van der Waals surface area contributed by atoms with Crippen LogP contribution in [0.2, 0.25) is 0 Å². The summed E-state index contributed by atoms with van der Waals surface area (Å²) in [6.45, 7) is 4.78. The lowest BCUT2D eigenvalue weighted by molar-refractivity contribution is 0.0656. The third-order valence-corrected chi connectivity index (χ3v) is 3.70. The van der Waals surface area contributed by atoms with Gasteiger partial charge in [-0.1, -0.05) is 13.8 Å². The predicted octanol–water partition coefficient (Wildman–Crippen LogP) is 1.53. The molecule has 2 aromatic heterocycles. The van der Waals surface area contributed by atoms with Crippen LogP contribution in [-0.2, 0) is 23.1 Å².